The minimum absolute atomic E-state index is 0.572. The van der Waals surface area contributed by atoms with E-state index < -0.39 is 0 Å². The normalized spacial score (nSPS) is 10.2. The van der Waals surface area contributed by atoms with Crippen molar-refractivity contribution in [2.75, 3.05) is 65.4 Å². The number of nitrogens with zero attached hydrogens (tertiary/aromatic N) is 2. The number of nitrogens with one attached hydrogen (secondary N) is 5. The molecule has 0 atom stereocenters. The number of hydrogen-bond donors (Lipinski definition) is 5. The molecular weight excluding hydrogens is 266 g/mol. The fraction of sp³-hybridized carbons (Fsp3) is 0.857. The van der Waals surface area contributed by atoms with Crippen LogP contribution in [0.15, 0.2) is 0 Å². The van der Waals surface area contributed by atoms with Gasteiger partial charge in [0, 0.05) is 78.3 Å². The zero-order valence-electron chi connectivity index (χ0n) is 12.9. The van der Waals surface area contributed by atoms with Crippen molar-refractivity contribution in [1.29, 1.82) is 10.5 Å². The van der Waals surface area contributed by atoms with Crippen LogP contribution in [-0.4, -0.2) is 65.4 Å². The first-order valence-electron chi connectivity index (χ1n) is 7.69. The van der Waals surface area contributed by atoms with Gasteiger partial charge >= 0.3 is 0 Å². The van der Waals surface area contributed by atoms with Crippen LogP contribution in [0.1, 0.15) is 12.8 Å². The second-order valence-electron chi connectivity index (χ2n) is 4.57. The van der Waals surface area contributed by atoms with E-state index in [2.05, 4.69) is 38.7 Å². The first kappa shape index (κ1) is 19.8. The molecule has 0 aliphatic heterocycles. The van der Waals surface area contributed by atoms with E-state index in [9.17, 15) is 0 Å². The molecule has 0 aromatic rings. The molecule has 0 fully saturated rings. The van der Waals surface area contributed by atoms with Crippen molar-refractivity contribution >= 4 is 0 Å². The summed E-state index contributed by atoms with van der Waals surface area (Å²) in [4.78, 5) is 0. The molecule has 0 heterocycles. The average molecular weight is 295 g/mol. The van der Waals surface area contributed by atoms with Gasteiger partial charge in [0.05, 0.1) is 12.1 Å². The van der Waals surface area contributed by atoms with Gasteiger partial charge in [0.15, 0.2) is 0 Å². The Morgan fingerprint density at radius 2 is 0.667 bits per heavy atom. The van der Waals surface area contributed by atoms with Gasteiger partial charge in [0.25, 0.3) is 0 Å². The van der Waals surface area contributed by atoms with Crippen molar-refractivity contribution in [2.45, 2.75) is 12.8 Å². The van der Waals surface area contributed by atoms with E-state index in [4.69, 9.17) is 10.5 Å². The van der Waals surface area contributed by atoms with Crippen molar-refractivity contribution in [2.24, 2.45) is 0 Å². The molecule has 0 amide bonds. The van der Waals surface area contributed by atoms with Crippen molar-refractivity contribution in [3.63, 3.8) is 0 Å². The van der Waals surface area contributed by atoms with Crippen molar-refractivity contribution in [3.05, 3.63) is 0 Å². The smallest absolute Gasteiger partial charge is 0.0635 e. The molecular formula is C14H29N7. The van der Waals surface area contributed by atoms with Crippen LogP contribution in [-0.2, 0) is 0 Å². The van der Waals surface area contributed by atoms with Gasteiger partial charge in [-0.25, -0.2) is 0 Å². The SMILES string of the molecule is N#CCCNCCNCCNCCNCCNCCC#N. The third kappa shape index (κ3) is 18.8. The van der Waals surface area contributed by atoms with E-state index in [0.29, 0.717) is 12.8 Å². The first-order valence-corrected chi connectivity index (χ1v) is 7.69. The molecule has 0 rings (SSSR count). The Labute approximate surface area is 128 Å². The average Bonchev–Trinajstić information content (AvgIpc) is 2.50. The Hall–Kier alpha value is -1.22. The highest BCUT2D eigenvalue weighted by Gasteiger charge is 1.90. The zero-order valence-corrected chi connectivity index (χ0v) is 12.9. The third-order valence-corrected chi connectivity index (χ3v) is 2.74. The van der Waals surface area contributed by atoms with E-state index in [1.165, 1.54) is 0 Å². The summed E-state index contributed by atoms with van der Waals surface area (Å²) in [6.07, 6.45) is 1.14. The quantitative estimate of drug-likeness (QED) is 0.227. The number of hydrogen-bond acceptors (Lipinski definition) is 7. The summed E-state index contributed by atoms with van der Waals surface area (Å²) in [5.74, 6) is 0. The monoisotopic (exact) mass is 295 g/mol. The predicted molar refractivity (Wildman–Crippen MR) is 84.8 cm³/mol. The molecule has 0 unspecified atom stereocenters. The highest BCUT2D eigenvalue weighted by atomic mass is 15.0. The van der Waals surface area contributed by atoms with Gasteiger partial charge < -0.3 is 26.6 Å². The van der Waals surface area contributed by atoms with E-state index in [0.717, 1.165) is 65.4 Å². The Bertz CT molecular complexity index is 254. The van der Waals surface area contributed by atoms with Crippen LogP contribution in [0.2, 0.25) is 0 Å². The van der Waals surface area contributed by atoms with Crippen LogP contribution < -0.4 is 26.6 Å². The summed E-state index contributed by atoms with van der Waals surface area (Å²) >= 11 is 0. The molecule has 0 aromatic heterocycles. The summed E-state index contributed by atoms with van der Waals surface area (Å²) in [5, 5.41) is 33.1. The van der Waals surface area contributed by atoms with Gasteiger partial charge in [0.2, 0.25) is 0 Å². The standard InChI is InChI=1S/C14H29N7/c15-3-1-5-17-7-9-19-11-13-21-14-12-20-10-8-18-6-2-4-16/h17-21H,1-2,5-14H2. The van der Waals surface area contributed by atoms with E-state index in [1.54, 1.807) is 0 Å². The minimum atomic E-state index is 0.572. The zero-order chi connectivity index (χ0) is 15.4. The fourth-order valence-corrected chi connectivity index (χ4v) is 1.62. The van der Waals surface area contributed by atoms with Gasteiger partial charge in [-0.05, 0) is 0 Å². The maximum Gasteiger partial charge on any atom is 0.0635 e. The Kier molecular flexibility index (Phi) is 17.7. The molecule has 0 radical (unpaired) electrons. The molecule has 0 spiro atoms. The van der Waals surface area contributed by atoms with Crippen LogP contribution in [0.5, 0.6) is 0 Å². The molecule has 0 saturated carbocycles. The Balaban J connectivity index is 2.94. The van der Waals surface area contributed by atoms with Crippen molar-refractivity contribution in [3.8, 4) is 12.1 Å². The molecule has 5 N–H and O–H groups in total. The first-order chi connectivity index (χ1) is 10.4. The molecule has 7 nitrogen and oxygen atoms in total. The van der Waals surface area contributed by atoms with Gasteiger partial charge in [-0.15, -0.1) is 0 Å². The lowest BCUT2D eigenvalue weighted by Crippen LogP contribution is -2.36. The molecule has 7 heteroatoms. The maximum atomic E-state index is 8.36. The van der Waals surface area contributed by atoms with Gasteiger partial charge in [-0.1, -0.05) is 0 Å². The number of nitriles is 2. The van der Waals surface area contributed by atoms with Gasteiger partial charge in [0.1, 0.15) is 0 Å². The maximum absolute atomic E-state index is 8.36. The van der Waals surface area contributed by atoms with E-state index in [1.807, 2.05) is 0 Å². The fourth-order valence-electron chi connectivity index (χ4n) is 1.62. The van der Waals surface area contributed by atoms with Crippen LogP contribution in [0.4, 0.5) is 0 Å². The van der Waals surface area contributed by atoms with Gasteiger partial charge in [-0.3, -0.25) is 0 Å². The topological polar surface area (TPSA) is 108 Å². The van der Waals surface area contributed by atoms with Crippen LogP contribution in [0.25, 0.3) is 0 Å². The second-order valence-corrected chi connectivity index (χ2v) is 4.57. The lowest BCUT2D eigenvalue weighted by Gasteiger charge is -2.08. The summed E-state index contributed by atoms with van der Waals surface area (Å²) in [5.41, 5.74) is 0. The van der Waals surface area contributed by atoms with Crippen LogP contribution >= 0.6 is 0 Å². The van der Waals surface area contributed by atoms with Crippen molar-refractivity contribution < 1.29 is 0 Å². The molecule has 0 bridgehead atoms. The molecule has 0 saturated heterocycles. The Morgan fingerprint density at radius 1 is 0.429 bits per heavy atom. The molecule has 120 valence electrons. The third-order valence-electron chi connectivity index (χ3n) is 2.74. The molecule has 21 heavy (non-hydrogen) atoms. The Morgan fingerprint density at radius 3 is 0.905 bits per heavy atom. The molecule has 0 aromatic carbocycles. The summed E-state index contributed by atoms with van der Waals surface area (Å²) in [6.45, 7) is 9.04. The highest BCUT2D eigenvalue weighted by molar-refractivity contribution is 4.70. The summed E-state index contributed by atoms with van der Waals surface area (Å²) < 4.78 is 0. The number of rotatable bonds is 16. The predicted octanol–water partition coefficient (Wildman–Crippen LogP) is -1.24. The van der Waals surface area contributed by atoms with Gasteiger partial charge in [-0.2, -0.15) is 10.5 Å². The highest BCUT2D eigenvalue weighted by Crippen LogP contribution is 1.70. The second kappa shape index (κ2) is 18.8. The molecule has 0 aliphatic carbocycles. The van der Waals surface area contributed by atoms with Crippen LogP contribution in [0, 0.1) is 22.7 Å². The minimum Gasteiger partial charge on any atom is -0.314 e. The lowest BCUT2D eigenvalue weighted by atomic mass is 10.4. The van der Waals surface area contributed by atoms with Crippen molar-refractivity contribution in [1.82, 2.24) is 26.6 Å². The lowest BCUT2D eigenvalue weighted by molar-refractivity contribution is 0.559. The van der Waals surface area contributed by atoms with Crippen LogP contribution in [0.3, 0.4) is 0 Å². The largest absolute Gasteiger partial charge is 0.314 e. The van der Waals surface area contributed by atoms with E-state index >= 15 is 0 Å². The van der Waals surface area contributed by atoms with E-state index in [-0.39, 0.29) is 0 Å². The summed E-state index contributed by atoms with van der Waals surface area (Å²) in [6, 6.07) is 4.21. The molecule has 0 aliphatic rings. The summed E-state index contributed by atoms with van der Waals surface area (Å²) in [7, 11) is 0.